The van der Waals surface area contributed by atoms with Crippen LogP contribution >= 0.6 is 11.6 Å². The highest BCUT2D eigenvalue weighted by Crippen LogP contribution is 2.40. The lowest BCUT2D eigenvalue weighted by atomic mass is 9.79. The molecule has 1 fully saturated rings. The van der Waals surface area contributed by atoms with Gasteiger partial charge in [0, 0.05) is 24.1 Å². The van der Waals surface area contributed by atoms with Crippen molar-refractivity contribution in [2.75, 3.05) is 0 Å². The minimum Gasteiger partial charge on any atom is -0.340 e. The zero-order valence-electron chi connectivity index (χ0n) is 16.8. The van der Waals surface area contributed by atoms with Crippen molar-refractivity contribution in [2.24, 2.45) is 5.92 Å². The van der Waals surface area contributed by atoms with Gasteiger partial charge in [-0.3, -0.25) is 9.78 Å². The molecule has 0 radical (unpaired) electrons. The van der Waals surface area contributed by atoms with Gasteiger partial charge in [0.1, 0.15) is 11.4 Å². The van der Waals surface area contributed by atoms with Crippen molar-refractivity contribution in [3.05, 3.63) is 100 Å². The molecule has 32 heavy (non-hydrogen) atoms. The number of hydrogen-bond acceptors (Lipinski definition) is 2. The molecule has 1 amide bonds. The van der Waals surface area contributed by atoms with Crippen LogP contribution in [0.4, 0.5) is 17.6 Å². The molecule has 1 aromatic heterocycles. The van der Waals surface area contributed by atoms with Gasteiger partial charge in [0.15, 0.2) is 0 Å². The molecule has 1 heterocycles. The maximum atomic E-state index is 15.2. The van der Waals surface area contributed by atoms with Crippen LogP contribution in [0.1, 0.15) is 35.2 Å². The average molecular weight is 463 g/mol. The molecule has 4 rings (SSSR count). The molecular formula is C24H19ClF4N2O. The average Bonchev–Trinajstić information content (AvgIpc) is 3.59. The number of benzene rings is 2. The van der Waals surface area contributed by atoms with Crippen LogP contribution in [0.5, 0.6) is 0 Å². The van der Waals surface area contributed by atoms with Gasteiger partial charge >= 0.3 is 6.18 Å². The van der Waals surface area contributed by atoms with Crippen LogP contribution in [-0.2, 0) is 22.9 Å². The van der Waals surface area contributed by atoms with Crippen LogP contribution in [0.15, 0.2) is 66.9 Å². The van der Waals surface area contributed by atoms with Crippen molar-refractivity contribution in [2.45, 2.75) is 31.0 Å². The third-order valence-corrected chi connectivity index (χ3v) is 5.74. The molecule has 2 aromatic carbocycles. The van der Waals surface area contributed by atoms with Crippen molar-refractivity contribution < 1.29 is 22.4 Å². The van der Waals surface area contributed by atoms with Gasteiger partial charge in [-0.05, 0) is 48.7 Å². The van der Waals surface area contributed by atoms with Crippen molar-refractivity contribution in [3.63, 3.8) is 0 Å². The molecule has 1 N–H and O–H groups in total. The summed E-state index contributed by atoms with van der Waals surface area (Å²) in [4.78, 5) is 17.2. The first-order valence-corrected chi connectivity index (χ1v) is 10.4. The summed E-state index contributed by atoms with van der Waals surface area (Å²) < 4.78 is 55.8. The summed E-state index contributed by atoms with van der Waals surface area (Å²) in [7, 11) is 0. The van der Waals surface area contributed by atoms with Crippen LogP contribution in [-0.4, -0.2) is 10.9 Å². The highest BCUT2D eigenvalue weighted by Gasteiger charge is 2.44. The second-order valence-corrected chi connectivity index (χ2v) is 8.32. The van der Waals surface area contributed by atoms with Crippen LogP contribution in [0.25, 0.3) is 0 Å². The number of nitrogens with one attached hydrogen (secondary N) is 1. The van der Waals surface area contributed by atoms with E-state index >= 15 is 4.39 Å². The van der Waals surface area contributed by atoms with Crippen molar-refractivity contribution in [1.29, 1.82) is 0 Å². The maximum Gasteiger partial charge on any atom is 0.416 e. The van der Waals surface area contributed by atoms with E-state index in [1.807, 2.05) is 0 Å². The topological polar surface area (TPSA) is 42.0 Å². The van der Waals surface area contributed by atoms with E-state index in [-0.39, 0.29) is 29.5 Å². The summed E-state index contributed by atoms with van der Waals surface area (Å²) in [5, 5.41) is 3.17. The first-order valence-electron chi connectivity index (χ1n) is 10.0. The van der Waals surface area contributed by atoms with Crippen LogP contribution in [0, 0.1) is 11.7 Å². The highest BCUT2D eigenvalue weighted by atomic mass is 35.5. The third kappa shape index (κ3) is 4.63. The molecule has 166 valence electrons. The Morgan fingerprint density at radius 1 is 1.06 bits per heavy atom. The summed E-state index contributed by atoms with van der Waals surface area (Å²) >= 11 is 5.98. The van der Waals surface area contributed by atoms with Crippen molar-refractivity contribution >= 4 is 17.5 Å². The number of rotatable bonds is 6. The summed E-state index contributed by atoms with van der Waals surface area (Å²) in [6.45, 7) is 0. The van der Waals surface area contributed by atoms with Gasteiger partial charge in [0.25, 0.3) is 0 Å². The predicted molar refractivity (Wildman–Crippen MR) is 112 cm³/mol. The lowest BCUT2D eigenvalue weighted by molar-refractivity contribution is -0.137. The van der Waals surface area contributed by atoms with Gasteiger partial charge in [-0.15, -0.1) is 0 Å². The lowest BCUT2D eigenvalue weighted by Gasteiger charge is -2.36. The molecule has 3 aromatic rings. The van der Waals surface area contributed by atoms with Gasteiger partial charge in [0.05, 0.1) is 16.3 Å². The molecule has 0 aliphatic heterocycles. The normalized spacial score (nSPS) is 15.8. The molecule has 3 nitrogen and oxygen atoms in total. The minimum atomic E-state index is -4.69. The van der Waals surface area contributed by atoms with Crippen LogP contribution in [0.2, 0.25) is 5.02 Å². The summed E-state index contributed by atoms with van der Waals surface area (Å²) in [6.07, 6.45) is -2.02. The van der Waals surface area contributed by atoms with Crippen molar-refractivity contribution in [1.82, 2.24) is 10.3 Å². The number of aromatic nitrogens is 1. The summed E-state index contributed by atoms with van der Waals surface area (Å²) in [5.74, 6) is -1.48. The van der Waals surface area contributed by atoms with Crippen LogP contribution in [0.3, 0.4) is 0 Å². The molecule has 1 aliphatic rings. The highest BCUT2D eigenvalue weighted by molar-refractivity contribution is 6.30. The van der Waals surface area contributed by atoms with Gasteiger partial charge in [-0.25, -0.2) is 4.39 Å². The van der Waals surface area contributed by atoms with Gasteiger partial charge in [0.2, 0.25) is 5.91 Å². The molecular weight excluding hydrogens is 444 g/mol. The van der Waals surface area contributed by atoms with E-state index in [0.717, 1.165) is 12.1 Å². The van der Waals surface area contributed by atoms with Crippen molar-refractivity contribution in [3.8, 4) is 0 Å². The largest absolute Gasteiger partial charge is 0.416 e. The molecule has 0 saturated heterocycles. The summed E-state index contributed by atoms with van der Waals surface area (Å²) in [6, 6.07) is 14.1. The van der Waals surface area contributed by atoms with Gasteiger partial charge in [-0.1, -0.05) is 41.9 Å². The number of carbonyl (C=O) groups excluding carboxylic acids is 1. The number of alkyl halides is 3. The Balaban J connectivity index is 1.96. The standard InChI is InChI=1S/C24H19ClF4N2O/c25-18-9-11-21(30-14-18)23(31-22(32)16-6-7-16,13-15-4-2-1-3-5-15)19-12-17(24(27,28)29)8-10-20(19)26/h1-5,8-12,14,16H,6-7,13H2,(H,31,32). The fraction of sp³-hybridized carbons (Fsp3) is 0.250. The Morgan fingerprint density at radius 2 is 1.78 bits per heavy atom. The van der Waals surface area contributed by atoms with Gasteiger partial charge < -0.3 is 5.32 Å². The zero-order chi connectivity index (χ0) is 22.9. The molecule has 8 heteroatoms. The molecule has 0 spiro atoms. The Hall–Kier alpha value is -2.93. The fourth-order valence-corrected chi connectivity index (χ4v) is 3.83. The van der Waals surface area contributed by atoms with Crippen LogP contribution < -0.4 is 5.32 Å². The SMILES string of the molecule is O=C(NC(Cc1ccccc1)(c1ccc(Cl)cn1)c1cc(C(F)(F)F)ccc1F)C1CC1. The Bertz CT molecular complexity index is 1120. The maximum absolute atomic E-state index is 15.2. The predicted octanol–water partition coefficient (Wildman–Crippen LogP) is 5.91. The van der Waals surface area contributed by atoms with E-state index in [4.69, 9.17) is 11.6 Å². The quantitative estimate of drug-likeness (QED) is 0.463. The number of halogens is 5. The third-order valence-electron chi connectivity index (χ3n) is 5.51. The number of hydrogen-bond donors (Lipinski definition) is 1. The summed E-state index contributed by atoms with van der Waals surface area (Å²) in [5.41, 5.74) is -2.10. The Labute approximate surface area is 187 Å². The minimum absolute atomic E-state index is 0.000830. The molecule has 1 unspecified atom stereocenters. The molecule has 1 aliphatic carbocycles. The molecule has 1 atom stereocenters. The second kappa shape index (κ2) is 8.54. The van der Waals surface area contributed by atoms with E-state index in [9.17, 15) is 18.0 Å². The molecule has 1 saturated carbocycles. The number of amides is 1. The first kappa shape index (κ1) is 22.3. The van der Waals surface area contributed by atoms with E-state index in [2.05, 4.69) is 10.3 Å². The fourth-order valence-electron chi connectivity index (χ4n) is 3.72. The smallest absolute Gasteiger partial charge is 0.340 e. The van der Waals surface area contributed by atoms with E-state index in [0.29, 0.717) is 29.5 Å². The Kier molecular flexibility index (Phi) is 5.95. The zero-order valence-corrected chi connectivity index (χ0v) is 17.6. The number of nitrogens with zero attached hydrogens (tertiary/aromatic N) is 1. The van der Waals surface area contributed by atoms with E-state index in [1.54, 1.807) is 30.3 Å². The number of carbonyl (C=O) groups is 1. The number of pyridine rings is 1. The molecule has 0 bridgehead atoms. The second-order valence-electron chi connectivity index (χ2n) is 7.89. The first-order chi connectivity index (χ1) is 15.2. The van der Waals surface area contributed by atoms with Gasteiger partial charge in [-0.2, -0.15) is 13.2 Å². The Morgan fingerprint density at radius 3 is 2.38 bits per heavy atom. The lowest BCUT2D eigenvalue weighted by Crippen LogP contribution is -2.50. The monoisotopic (exact) mass is 462 g/mol. The van der Waals surface area contributed by atoms with E-state index < -0.39 is 23.1 Å². The van der Waals surface area contributed by atoms with E-state index in [1.165, 1.54) is 18.3 Å².